The van der Waals surface area contributed by atoms with Gasteiger partial charge in [-0.2, -0.15) is 0 Å². The molecule has 1 N–H and O–H groups in total. The Morgan fingerprint density at radius 1 is 1.38 bits per heavy atom. The Morgan fingerprint density at radius 2 is 2.14 bits per heavy atom. The smallest absolute Gasteiger partial charge is 0.150 e. The first-order valence-electron chi connectivity index (χ1n) is 7.54. The summed E-state index contributed by atoms with van der Waals surface area (Å²) in [5.74, 6) is 1.58. The lowest BCUT2D eigenvalue weighted by atomic mass is 10.2. The van der Waals surface area contributed by atoms with Gasteiger partial charge in [0.2, 0.25) is 0 Å². The minimum absolute atomic E-state index is 0.463. The molecule has 1 aliphatic heterocycles. The zero-order valence-corrected chi connectivity index (χ0v) is 14.5. The maximum atomic E-state index is 6.39. The van der Waals surface area contributed by atoms with Gasteiger partial charge in [-0.1, -0.05) is 30.1 Å². The molecule has 2 rings (SSSR count). The lowest BCUT2D eigenvalue weighted by molar-refractivity contribution is 0.371. The van der Waals surface area contributed by atoms with Crippen LogP contribution in [0.15, 0.2) is 6.07 Å². The molecule has 118 valence electrons. The molecule has 4 nitrogen and oxygen atoms in total. The van der Waals surface area contributed by atoms with Crippen molar-refractivity contribution in [2.45, 2.75) is 32.2 Å². The van der Waals surface area contributed by atoms with E-state index < -0.39 is 0 Å². The molecule has 21 heavy (non-hydrogen) atoms. The van der Waals surface area contributed by atoms with Gasteiger partial charge in [0.1, 0.15) is 11.6 Å². The third-order valence-electron chi connectivity index (χ3n) is 3.68. The van der Waals surface area contributed by atoms with E-state index in [1.165, 1.54) is 12.8 Å². The van der Waals surface area contributed by atoms with Crippen molar-refractivity contribution in [3.63, 3.8) is 0 Å². The molecule has 1 aromatic rings. The van der Waals surface area contributed by atoms with E-state index >= 15 is 0 Å². The summed E-state index contributed by atoms with van der Waals surface area (Å²) in [5, 5.41) is 4.49. The van der Waals surface area contributed by atoms with E-state index in [1.54, 1.807) is 6.07 Å². The van der Waals surface area contributed by atoms with Gasteiger partial charge in [-0.15, -0.1) is 0 Å². The van der Waals surface area contributed by atoms with Gasteiger partial charge in [-0.3, -0.25) is 0 Å². The second kappa shape index (κ2) is 7.52. The molecular weight excluding hydrogens is 307 g/mol. The van der Waals surface area contributed by atoms with E-state index in [9.17, 15) is 0 Å². The molecule has 0 saturated carbocycles. The fraction of sp³-hybridized carbons (Fsp3) is 0.667. The van der Waals surface area contributed by atoms with Crippen molar-refractivity contribution in [2.24, 2.45) is 0 Å². The average Bonchev–Trinajstić information content (AvgIpc) is 2.85. The van der Waals surface area contributed by atoms with Gasteiger partial charge in [0.05, 0.1) is 10.0 Å². The fourth-order valence-electron chi connectivity index (χ4n) is 2.75. The van der Waals surface area contributed by atoms with Crippen LogP contribution in [0.2, 0.25) is 10.0 Å². The molecule has 1 aromatic heterocycles. The van der Waals surface area contributed by atoms with Crippen LogP contribution in [0, 0.1) is 0 Å². The van der Waals surface area contributed by atoms with Crippen molar-refractivity contribution < 1.29 is 0 Å². The Bertz CT molecular complexity index is 479. The van der Waals surface area contributed by atoms with E-state index in [1.807, 2.05) is 0 Å². The number of anilines is 2. The standard InChI is InChI=1S/C15H24Cl2N4/c1-4-7-18-14-12(16)9-13(17)15(19-14)21-8-5-6-11(21)10-20(2)3/h9,11H,4-8,10H2,1-3H3,(H,18,19). The highest BCUT2D eigenvalue weighted by atomic mass is 35.5. The lowest BCUT2D eigenvalue weighted by Gasteiger charge is -2.29. The zero-order chi connectivity index (χ0) is 15.4. The maximum Gasteiger partial charge on any atom is 0.150 e. The largest absolute Gasteiger partial charge is 0.369 e. The van der Waals surface area contributed by atoms with Gasteiger partial charge in [-0.25, -0.2) is 4.98 Å². The van der Waals surface area contributed by atoms with Crippen molar-refractivity contribution in [3.05, 3.63) is 16.1 Å². The number of nitrogens with one attached hydrogen (secondary N) is 1. The molecule has 0 spiro atoms. The number of hydrogen-bond donors (Lipinski definition) is 1. The number of halogens is 2. The first kappa shape index (κ1) is 16.7. The Morgan fingerprint density at radius 3 is 2.81 bits per heavy atom. The van der Waals surface area contributed by atoms with Crippen LogP contribution in [0.25, 0.3) is 0 Å². The van der Waals surface area contributed by atoms with Crippen molar-refractivity contribution in [1.82, 2.24) is 9.88 Å². The van der Waals surface area contributed by atoms with Crippen molar-refractivity contribution in [2.75, 3.05) is 43.9 Å². The third-order valence-corrected chi connectivity index (χ3v) is 4.24. The summed E-state index contributed by atoms with van der Waals surface area (Å²) in [6, 6.07) is 2.26. The molecular formula is C15H24Cl2N4. The molecule has 1 fully saturated rings. The van der Waals surface area contributed by atoms with E-state index in [-0.39, 0.29) is 0 Å². The van der Waals surface area contributed by atoms with Crippen LogP contribution in [-0.4, -0.2) is 49.7 Å². The summed E-state index contributed by atoms with van der Waals surface area (Å²) in [6.45, 7) is 4.98. The quantitative estimate of drug-likeness (QED) is 0.860. The molecule has 1 saturated heterocycles. The van der Waals surface area contributed by atoms with Crippen LogP contribution < -0.4 is 10.2 Å². The number of aromatic nitrogens is 1. The van der Waals surface area contributed by atoms with E-state index in [2.05, 4.69) is 41.1 Å². The number of rotatable bonds is 6. The predicted octanol–water partition coefficient (Wildman–Crippen LogP) is 3.74. The number of pyridine rings is 1. The van der Waals surface area contributed by atoms with Crippen LogP contribution >= 0.6 is 23.2 Å². The van der Waals surface area contributed by atoms with Crippen molar-refractivity contribution in [1.29, 1.82) is 0 Å². The Kier molecular flexibility index (Phi) is 5.97. The SMILES string of the molecule is CCCNc1nc(N2CCCC2CN(C)C)c(Cl)cc1Cl. The molecule has 0 radical (unpaired) electrons. The molecule has 0 aromatic carbocycles. The van der Waals surface area contributed by atoms with Gasteiger partial charge >= 0.3 is 0 Å². The fourth-order valence-corrected chi connectivity index (χ4v) is 3.29. The molecule has 1 aliphatic rings. The van der Waals surface area contributed by atoms with Crippen LogP contribution in [0.1, 0.15) is 26.2 Å². The van der Waals surface area contributed by atoms with Gasteiger partial charge in [0, 0.05) is 25.7 Å². The molecule has 2 heterocycles. The summed E-state index contributed by atoms with van der Waals surface area (Å²) in [6.07, 6.45) is 3.39. The highest BCUT2D eigenvalue weighted by Gasteiger charge is 2.28. The normalized spacial score (nSPS) is 18.6. The molecule has 0 bridgehead atoms. The maximum absolute atomic E-state index is 6.39. The lowest BCUT2D eigenvalue weighted by Crippen LogP contribution is -2.38. The Hall–Kier alpha value is -0.710. The minimum Gasteiger partial charge on any atom is -0.369 e. The molecule has 6 heteroatoms. The highest BCUT2D eigenvalue weighted by molar-refractivity contribution is 6.37. The first-order chi connectivity index (χ1) is 10.0. The molecule has 1 unspecified atom stereocenters. The molecule has 1 atom stereocenters. The van der Waals surface area contributed by atoms with Crippen molar-refractivity contribution in [3.8, 4) is 0 Å². The predicted molar refractivity (Wildman–Crippen MR) is 92.0 cm³/mol. The van der Waals surface area contributed by atoms with E-state index in [0.29, 0.717) is 16.1 Å². The summed E-state index contributed by atoms with van der Waals surface area (Å²) in [5.41, 5.74) is 0. The van der Waals surface area contributed by atoms with Crippen LogP contribution in [0.3, 0.4) is 0 Å². The van der Waals surface area contributed by atoms with Gasteiger partial charge in [-0.05, 0) is 39.4 Å². The highest BCUT2D eigenvalue weighted by Crippen LogP contribution is 2.35. The second-order valence-corrected chi connectivity index (χ2v) is 6.62. The van der Waals surface area contributed by atoms with Crippen molar-refractivity contribution >= 4 is 34.8 Å². The van der Waals surface area contributed by atoms with Crippen LogP contribution in [0.4, 0.5) is 11.6 Å². The molecule has 0 amide bonds. The van der Waals surface area contributed by atoms with Crippen LogP contribution in [-0.2, 0) is 0 Å². The average molecular weight is 331 g/mol. The Balaban J connectivity index is 2.25. The summed E-state index contributed by atoms with van der Waals surface area (Å²) < 4.78 is 0. The minimum atomic E-state index is 0.463. The number of likely N-dealkylation sites (N-methyl/N-ethyl adjacent to an activating group) is 1. The zero-order valence-electron chi connectivity index (χ0n) is 13.0. The van der Waals surface area contributed by atoms with Gasteiger partial charge < -0.3 is 15.1 Å². The van der Waals surface area contributed by atoms with Gasteiger partial charge in [0.25, 0.3) is 0 Å². The monoisotopic (exact) mass is 330 g/mol. The second-order valence-electron chi connectivity index (χ2n) is 5.80. The molecule has 0 aliphatic carbocycles. The first-order valence-corrected chi connectivity index (χ1v) is 8.29. The van der Waals surface area contributed by atoms with Crippen LogP contribution in [0.5, 0.6) is 0 Å². The topological polar surface area (TPSA) is 31.4 Å². The summed E-state index contributed by atoms with van der Waals surface area (Å²) in [7, 11) is 4.20. The van der Waals surface area contributed by atoms with E-state index in [4.69, 9.17) is 23.2 Å². The number of hydrogen-bond acceptors (Lipinski definition) is 4. The Labute approximate surface area is 137 Å². The third kappa shape index (κ3) is 4.15. The summed E-state index contributed by atoms with van der Waals surface area (Å²) >= 11 is 12.6. The number of nitrogens with zero attached hydrogens (tertiary/aromatic N) is 3. The van der Waals surface area contributed by atoms with E-state index in [0.717, 1.165) is 37.7 Å². The van der Waals surface area contributed by atoms with Gasteiger partial charge in [0.15, 0.2) is 0 Å². The summed E-state index contributed by atoms with van der Waals surface area (Å²) in [4.78, 5) is 9.21.